The molecule has 0 bridgehead atoms. The van der Waals surface area contributed by atoms with Gasteiger partial charge in [0.2, 0.25) is 0 Å². The number of pyridine rings is 1. The van der Waals surface area contributed by atoms with Crippen molar-refractivity contribution in [2.75, 3.05) is 0 Å². The molecule has 1 aliphatic rings. The van der Waals surface area contributed by atoms with Gasteiger partial charge in [-0.25, -0.2) is 9.97 Å². The van der Waals surface area contributed by atoms with Gasteiger partial charge in [0, 0.05) is 35.6 Å². The van der Waals surface area contributed by atoms with Crippen molar-refractivity contribution in [1.82, 2.24) is 19.7 Å². The third-order valence-corrected chi connectivity index (χ3v) is 4.45. The van der Waals surface area contributed by atoms with Gasteiger partial charge in [-0.2, -0.15) is 0 Å². The monoisotopic (exact) mass is 254 g/mol. The number of nitrogens with one attached hydrogen (secondary N) is 1. The second kappa shape index (κ2) is 4.08. The number of aryl methyl sites for hydroxylation is 1. The Morgan fingerprint density at radius 1 is 1.21 bits per heavy atom. The fraction of sp³-hybridized carbons (Fsp3) is 0.467. The van der Waals surface area contributed by atoms with E-state index >= 15 is 0 Å². The summed E-state index contributed by atoms with van der Waals surface area (Å²) in [7, 11) is 2.07. The van der Waals surface area contributed by atoms with Crippen LogP contribution in [0.25, 0.3) is 21.9 Å². The summed E-state index contributed by atoms with van der Waals surface area (Å²) in [5, 5.41) is 6.07. The van der Waals surface area contributed by atoms with Gasteiger partial charge in [0.25, 0.3) is 0 Å². The van der Waals surface area contributed by atoms with Crippen LogP contribution in [0.3, 0.4) is 0 Å². The molecule has 3 aromatic heterocycles. The molecule has 0 spiro atoms. The second-order valence-corrected chi connectivity index (χ2v) is 5.62. The van der Waals surface area contributed by atoms with E-state index in [0.717, 1.165) is 5.65 Å². The molecule has 0 saturated heterocycles. The van der Waals surface area contributed by atoms with Crippen molar-refractivity contribution in [3.05, 3.63) is 24.2 Å². The van der Waals surface area contributed by atoms with E-state index in [1.54, 1.807) is 0 Å². The third kappa shape index (κ3) is 1.59. The Morgan fingerprint density at radius 2 is 2.05 bits per heavy atom. The van der Waals surface area contributed by atoms with Crippen molar-refractivity contribution in [1.29, 1.82) is 0 Å². The minimum Gasteiger partial charge on any atom is -0.302 e. The first-order valence-corrected chi connectivity index (χ1v) is 7.12. The number of H-pyrrole nitrogens is 1. The van der Waals surface area contributed by atoms with Crippen LogP contribution in [0.15, 0.2) is 18.5 Å². The lowest BCUT2D eigenvalue weighted by atomic mass is 9.85. The Kier molecular flexibility index (Phi) is 2.37. The lowest BCUT2D eigenvalue weighted by Crippen LogP contribution is -2.06. The van der Waals surface area contributed by atoms with E-state index in [9.17, 15) is 0 Å². The number of fused-ring (bicyclic) bond motifs is 3. The number of aromatic nitrogens is 4. The minimum atomic E-state index is 0.665. The van der Waals surface area contributed by atoms with Crippen LogP contribution in [0.2, 0.25) is 0 Å². The van der Waals surface area contributed by atoms with Crippen LogP contribution in [0.1, 0.15) is 43.7 Å². The molecule has 0 atom stereocenters. The van der Waals surface area contributed by atoms with Gasteiger partial charge >= 0.3 is 0 Å². The fourth-order valence-electron chi connectivity index (χ4n) is 3.47. The lowest BCUT2D eigenvalue weighted by Gasteiger charge is -2.20. The number of hydrogen-bond acceptors (Lipinski definition) is 2. The summed E-state index contributed by atoms with van der Waals surface area (Å²) in [5.74, 6) is 0.665. The Hall–Kier alpha value is -1.84. The molecule has 98 valence electrons. The topological polar surface area (TPSA) is 46.5 Å². The highest BCUT2D eigenvalue weighted by atomic mass is 15.3. The Balaban J connectivity index is 2.00. The van der Waals surface area contributed by atoms with Gasteiger partial charge in [0.1, 0.15) is 0 Å². The molecule has 1 aliphatic carbocycles. The number of aromatic amines is 1. The van der Waals surface area contributed by atoms with E-state index in [2.05, 4.69) is 32.9 Å². The summed E-state index contributed by atoms with van der Waals surface area (Å²) in [6.07, 6.45) is 10.5. The van der Waals surface area contributed by atoms with Gasteiger partial charge in [-0.1, -0.05) is 19.3 Å². The van der Waals surface area contributed by atoms with E-state index in [0.29, 0.717) is 5.92 Å². The first-order chi connectivity index (χ1) is 9.34. The van der Waals surface area contributed by atoms with Gasteiger partial charge in [0.15, 0.2) is 5.65 Å². The molecule has 19 heavy (non-hydrogen) atoms. The zero-order valence-electron chi connectivity index (χ0n) is 11.2. The molecule has 4 nitrogen and oxygen atoms in total. The summed E-state index contributed by atoms with van der Waals surface area (Å²) in [4.78, 5) is 8.77. The summed E-state index contributed by atoms with van der Waals surface area (Å²) < 4.78 is 2.10. The molecule has 3 aromatic rings. The standard InChI is InChI=1S/C15H18N4/c1-19-12-9-17-15-11(7-8-16-15)13(12)14(18-19)10-5-3-2-4-6-10/h7-10,18H,2-6H2,1H3. The normalized spacial score (nSPS) is 17.5. The van der Waals surface area contributed by atoms with Crippen LogP contribution in [0.5, 0.6) is 0 Å². The molecule has 0 aromatic carbocycles. The highest BCUT2D eigenvalue weighted by Crippen LogP contribution is 2.37. The van der Waals surface area contributed by atoms with E-state index in [4.69, 9.17) is 0 Å². The lowest BCUT2D eigenvalue weighted by molar-refractivity contribution is 0.435. The SMILES string of the molecule is Cn1[nH]c(C2CCCCC2)c2c3ccnc3ncc21. The van der Waals surface area contributed by atoms with Crippen molar-refractivity contribution in [3.8, 4) is 0 Å². The first kappa shape index (κ1) is 11.0. The number of nitrogens with zero attached hydrogens (tertiary/aromatic N) is 3. The maximum Gasteiger partial charge on any atom is 0.159 e. The van der Waals surface area contributed by atoms with Crippen LogP contribution in [0, 0.1) is 0 Å². The van der Waals surface area contributed by atoms with Crippen molar-refractivity contribution in [2.45, 2.75) is 38.0 Å². The zero-order chi connectivity index (χ0) is 12.8. The van der Waals surface area contributed by atoms with E-state index in [1.807, 2.05) is 12.4 Å². The van der Waals surface area contributed by atoms with Crippen LogP contribution >= 0.6 is 0 Å². The van der Waals surface area contributed by atoms with Crippen LogP contribution < -0.4 is 0 Å². The molecule has 0 aliphatic heterocycles. The third-order valence-electron chi connectivity index (χ3n) is 4.45. The average molecular weight is 254 g/mol. The van der Waals surface area contributed by atoms with Crippen molar-refractivity contribution < 1.29 is 0 Å². The van der Waals surface area contributed by atoms with Gasteiger partial charge < -0.3 is 5.10 Å². The van der Waals surface area contributed by atoms with Crippen LogP contribution in [-0.2, 0) is 7.05 Å². The molecule has 3 heterocycles. The number of rotatable bonds is 1. The predicted molar refractivity (Wildman–Crippen MR) is 76.2 cm³/mol. The van der Waals surface area contributed by atoms with Crippen molar-refractivity contribution >= 4 is 21.9 Å². The minimum absolute atomic E-state index is 0.665. The Morgan fingerprint density at radius 3 is 2.89 bits per heavy atom. The summed E-state index contributed by atoms with van der Waals surface area (Å²) in [6.45, 7) is 0. The van der Waals surface area contributed by atoms with Crippen LogP contribution in [0.4, 0.5) is 0 Å². The molecular weight excluding hydrogens is 236 g/mol. The highest BCUT2D eigenvalue weighted by molar-refractivity contribution is 6.05. The molecule has 4 heteroatoms. The molecule has 0 unspecified atom stereocenters. The molecule has 1 fully saturated rings. The van der Waals surface area contributed by atoms with Crippen molar-refractivity contribution in [3.63, 3.8) is 0 Å². The highest BCUT2D eigenvalue weighted by Gasteiger charge is 2.22. The van der Waals surface area contributed by atoms with Crippen molar-refractivity contribution in [2.24, 2.45) is 7.05 Å². The second-order valence-electron chi connectivity index (χ2n) is 5.62. The van der Waals surface area contributed by atoms with E-state index < -0.39 is 0 Å². The quantitative estimate of drug-likeness (QED) is 0.722. The van der Waals surface area contributed by atoms with Gasteiger partial charge in [-0.15, -0.1) is 0 Å². The van der Waals surface area contributed by atoms with E-state index in [-0.39, 0.29) is 0 Å². The van der Waals surface area contributed by atoms with Gasteiger partial charge in [-0.05, 0) is 18.9 Å². The van der Waals surface area contributed by atoms with Gasteiger partial charge in [0.05, 0.1) is 11.7 Å². The maximum absolute atomic E-state index is 4.44. The zero-order valence-corrected chi connectivity index (χ0v) is 11.2. The molecule has 0 radical (unpaired) electrons. The number of hydrogen-bond donors (Lipinski definition) is 1. The summed E-state index contributed by atoms with van der Waals surface area (Å²) in [6, 6.07) is 2.09. The molecular formula is C15H18N4. The Bertz CT molecular complexity index is 731. The first-order valence-electron chi connectivity index (χ1n) is 7.12. The predicted octanol–water partition coefficient (Wildman–Crippen LogP) is 3.50. The molecule has 1 saturated carbocycles. The average Bonchev–Trinajstić information content (AvgIpc) is 3.04. The van der Waals surface area contributed by atoms with Gasteiger partial charge in [-0.3, -0.25) is 4.68 Å². The molecule has 1 N–H and O–H groups in total. The Labute approximate surface area is 111 Å². The molecule has 4 rings (SSSR count). The fourth-order valence-corrected chi connectivity index (χ4v) is 3.47. The molecule has 0 amide bonds. The van der Waals surface area contributed by atoms with E-state index in [1.165, 1.54) is 54.1 Å². The van der Waals surface area contributed by atoms with Crippen LogP contribution in [-0.4, -0.2) is 19.7 Å². The summed E-state index contributed by atoms with van der Waals surface area (Å²) in [5.41, 5.74) is 3.43. The maximum atomic E-state index is 4.44. The smallest absolute Gasteiger partial charge is 0.159 e. The largest absolute Gasteiger partial charge is 0.302 e. The summed E-state index contributed by atoms with van der Waals surface area (Å²) >= 11 is 0.